The molecule has 8 heteroatoms. The van der Waals surface area contributed by atoms with E-state index < -0.39 is 15.4 Å². The predicted molar refractivity (Wildman–Crippen MR) is 118 cm³/mol. The molecule has 1 fully saturated rings. The lowest BCUT2D eigenvalue weighted by atomic mass is 9.94. The van der Waals surface area contributed by atoms with Gasteiger partial charge in [-0.05, 0) is 73.9 Å². The van der Waals surface area contributed by atoms with Gasteiger partial charge in [-0.25, -0.2) is 13.2 Å². The molecular weight excluding hydrogens is 428 g/mol. The van der Waals surface area contributed by atoms with Gasteiger partial charge in [0.2, 0.25) is 9.84 Å². The standard InChI is InChI=1S/C24H24N2O5S/c1-2-31-24(28)19-12-17-11-10-16-13-20(32(29,30)18-6-4-3-5-7-18)23(27)25-21(16)22(17)26(19)14-15-8-9-15/h3-7,12-13,15H,2,8-11,14H2,1H3,(H,25,27). The minimum absolute atomic E-state index is 0.0867. The Morgan fingerprint density at radius 3 is 2.53 bits per heavy atom. The van der Waals surface area contributed by atoms with Crippen molar-refractivity contribution >= 4 is 15.8 Å². The van der Waals surface area contributed by atoms with E-state index in [2.05, 4.69) is 4.98 Å². The van der Waals surface area contributed by atoms with Crippen LogP contribution < -0.4 is 5.56 Å². The van der Waals surface area contributed by atoms with Crippen molar-refractivity contribution in [2.24, 2.45) is 5.92 Å². The van der Waals surface area contributed by atoms with Gasteiger partial charge in [-0.3, -0.25) is 4.79 Å². The van der Waals surface area contributed by atoms with Crippen LogP contribution in [0.25, 0.3) is 11.4 Å². The van der Waals surface area contributed by atoms with Crippen molar-refractivity contribution in [3.8, 4) is 11.4 Å². The molecule has 0 bridgehead atoms. The number of benzene rings is 1. The second-order valence-corrected chi connectivity index (χ2v) is 10.3. The number of ether oxygens (including phenoxy) is 1. The Balaban J connectivity index is 1.65. The van der Waals surface area contributed by atoms with Crippen LogP contribution in [-0.2, 0) is 34.0 Å². The number of sulfone groups is 1. The van der Waals surface area contributed by atoms with Gasteiger partial charge in [0, 0.05) is 6.54 Å². The van der Waals surface area contributed by atoms with E-state index in [1.165, 1.54) is 18.2 Å². The van der Waals surface area contributed by atoms with Gasteiger partial charge in [-0.2, -0.15) is 0 Å². The summed E-state index contributed by atoms with van der Waals surface area (Å²) in [5, 5.41) is 0. The van der Waals surface area contributed by atoms with Gasteiger partial charge in [0.15, 0.2) is 0 Å². The molecule has 1 N–H and O–H groups in total. The van der Waals surface area contributed by atoms with E-state index in [0.29, 0.717) is 36.7 Å². The van der Waals surface area contributed by atoms with Crippen LogP contribution in [0.15, 0.2) is 57.1 Å². The molecule has 166 valence electrons. The third-order valence-electron chi connectivity index (χ3n) is 6.13. The number of H-pyrrole nitrogens is 1. The van der Waals surface area contributed by atoms with Gasteiger partial charge >= 0.3 is 5.97 Å². The number of esters is 1. The topological polar surface area (TPSA) is 98.2 Å². The maximum atomic E-state index is 13.1. The van der Waals surface area contributed by atoms with Crippen molar-refractivity contribution in [2.75, 3.05) is 6.61 Å². The van der Waals surface area contributed by atoms with Crippen molar-refractivity contribution in [2.45, 2.75) is 48.9 Å². The highest BCUT2D eigenvalue weighted by Gasteiger charge is 2.32. The number of nitrogens with zero attached hydrogens (tertiary/aromatic N) is 1. The number of fused-ring (bicyclic) bond motifs is 3. The van der Waals surface area contributed by atoms with Gasteiger partial charge in [0.05, 0.1) is 22.9 Å². The summed E-state index contributed by atoms with van der Waals surface area (Å²) in [7, 11) is -3.94. The zero-order valence-corrected chi connectivity index (χ0v) is 18.6. The van der Waals surface area contributed by atoms with Crippen molar-refractivity contribution in [3.63, 3.8) is 0 Å². The zero-order chi connectivity index (χ0) is 22.5. The Morgan fingerprint density at radius 2 is 1.84 bits per heavy atom. The Hall–Kier alpha value is -3.13. The summed E-state index contributed by atoms with van der Waals surface area (Å²) < 4.78 is 33.4. The fraction of sp³-hybridized carbons (Fsp3) is 0.333. The molecule has 0 amide bonds. The number of nitrogens with one attached hydrogen (secondary N) is 1. The minimum Gasteiger partial charge on any atom is -0.461 e. The number of aromatic nitrogens is 2. The first-order chi connectivity index (χ1) is 15.4. The molecule has 0 radical (unpaired) electrons. The molecule has 2 heterocycles. The van der Waals surface area contributed by atoms with E-state index in [9.17, 15) is 18.0 Å². The molecule has 0 spiro atoms. The number of rotatable bonds is 6. The van der Waals surface area contributed by atoms with Crippen LogP contribution in [0.3, 0.4) is 0 Å². The Morgan fingerprint density at radius 1 is 1.12 bits per heavy atom. The Bertz CT molecular complexity index is 1370. The number of carbonyl (C=O) groups is 1. The third kappa shape index (κ3) is 3.48. The lowest BCUT2D eigenvalue weighted by molar-refractivity contribution is 0.0513. The molecule has 0 aliphatic heterocycles. The van der Waals surface area contributed by atoms with Crippen LogP contribution in [0.5, 0.6) is 0 Å². The molecule has 2 aliphatic carbocycles. The molecule has 3 aromatic rings. The molecule has 2 aliphatic rings. The molecule has 0 saturated heterocycles. The summed E-state index contributed by atoms with van der Waals surface area (Å²) in [6.45, 7) is 2.73. The monoisotopic (exact) mass is 452 g/mol. The van der Waals surface area contributed by atoms with Crippen LogP contribution in [0, 0.1) is 5.92 Å². The number of hydrogen-bond donors (Lipinski definition) is 1. The lowest BCUT2D eigenvalue weighted by Crippen LogP contribution is -2.22. The highest BCUT2D eigenvalue weighted by molar-refractivity contribution is 7.91. The molecule has 32 heavy (non-hydrogen) atoms. The maximum Gasteiger partial charge on any atom is 0.354 e. The number of pyridine rings is 1. The van der Waals surface area contributed by atoms with E-state index in [0.717, 1.165) is 29.7 Å². The van der Waals surface area contributed by atoms with E-state index in [4.69, 9.17) is 4.74 Å². The third-order valence-corrected chi connectivity index (χ3v) is 7.91. The fourth-order valence-electron chi connectivity index (χ4n) is 4.37. The highest BCUT2D eigenvalue weighted by atomic mass is 32.2. The van der Waals surface area contributed by atoms with Crippen LogP contribution in [0.1, 0.15) is 41.4 Å². The molecule has 1 saturated carbocycles. The Kier molecular flexibility index (Phi) is 5.04. The van der Waals surface area contributed by atoms with Gasteiger partial charge < -0.3 is 14.3 Å². The van der Waals surface area contributed by atoms with Gasteiger partial charge in [-0.15, -0.1) is 0 Å². The number of carbonyl (C=O) groups excluding carboxylic acids is 1. The average molecular weight is 453 g/mol. The minimum atomic E-state index is -3.94. The first-order valence-corrected chi connectivity index (χ1v) is 12.3. The fourth-order valence-corrected chi connectivity index (χ4v) is 5.73. The number of aromatic amines is 1. The molecule has 7 nitrogen and oxygen atoms in total. The molecule has 2 aromatic heterocycles. The maximum absolute atomic E-state index is 13.1. The molecule has 0 atom stereocenters. The highest BCUT2D eigenvalue weighted by Crippen LogP contribution is 2.39. The van der Waals surface area contributed by atoms with E-state index in [-0.39, 0.29) is 22.4 Å². The number of hydrogen-bond acceptors (Lipinski definition) is 5. The lowest BCUT2D eigenvalue weighted by Gasteiger charge is -2.21. The SMILES string of the molecule is CCOC(=O)c1cc2c(n1CC1CC1)-c1[nH]c(=O)c(S(=O)(=O)c3ccccc3)cc1CC2. The van der Waals surface area contributed by atoms with Crippen LogP contribution in [-0.4, -0.2) is 30.5 Å². The van der Waals surface area contributed by atoms with E-state index in [1.54, 1.807) is 25.1 Å². The average Bonchev–Trinajstić information content (AvgIpc) is 3.52. The van der Waals surface area contributed by atoms with Gasteiger partial charge in [-0.1, -0.05) is 18.2 Å². The van der Waals surface area contributed by atoms with Crippen molar-refractivity contribution < 1.29 is 17.9 Å². The smallest absolute Gasteiger partial charge is 0.354 e. The molecule has 1 aromatic carbocycles. The van der Waals surface area contributed by atoms with Crippen molar-refractivity contribution in [1.82, 2.24) is 9.55 Å². The van der Waals surface area contributed by atoms with Crippen LogP contribution in [0.2, 0.25) is 0 Å². The summed E-state index contributed by atoms with van der Waals surface area (Å²) >= 11 is 0. The molecular formula is C24H24N2O5S. The second kappa shape index (κ2) is 7.78. The molecule has 0 unspecified atom stereocenters. The summed E-state index contributed by atoms with van der Waals surface area (Å²) in [4.78, 5) is 28.3. The van der Waals surface area contributed by atoms with Crippen molar-refractivity contribution in [3.05, 3.63) is 69.6 Å². The van der Waals surface area contributed by atoms with Gasteiger partial charge in [0.1, 0.15) is 10.6 Å². The zero-order valence-electron chi connectivity index (χ0n) is 17.8. The Labute approximate surface area is 186 Å². The first kappa shape index (κ1) is 20.8. The quantitative estimate of drug-likeness (QED) is 0.579. The van der Waals surface area contributed by atoms with Gasteiger partial charge in [0.25, 0.3) is 5.56 Å². The van der Waals surface area contributed by atoms with E-state index in [1.807, 2.05) is 10.6 Å². The first-order valence-electron chi connectivity index (χ1n) is 10.9. The molecule has 5 rings (SSSR count). The van der Waals surface area contributed by atoms with Crippen LogP contribution in [0.4, 0.5) is 0 Å². The summed E-state index contributed by atoms with van der Waals surface area (Å²) in [6.07, 6.45) is 3.44. The normalized spacial score (nSPS) is 15.2. The van der Waals surface area contributed by atoms with Crippen molar-refractivity contribution in [1.29, 1.82) is 0 Å². The largest absolute Gasteiger partial charge is 0.461 e. The second-order valence-electron chi connectivity index (χ2n) is 8.36. The summed E-state index contributed by atoms with van der Waals surface area (Å²) in [6, 6.07) is 11.3. The summed E-state index contributed by atoms with van der Waals surface area (Å²) in [5.41, 5.74) is 2.95. The van der Waals surface area contributed by atoms with Crippen LogP contribution >= 0.6 is 0 Å². The summed E-state index contributed by atoms with van der Waals surface area (Å²) in [5.74, 6) is 0.115. The van der Waals surface area contributed by atoms with E-state index >= 15 is 0 Å². The predicted octanol–water partition coefficient (Wildman–Crippen LogP) is 3.36. The number of aryl methyl sites for hydroxylation is 2.